The molecule has 1 unspecified atom stereocenters. The molecule has 20 heavy (non-hydrogen) atoms. The van der Waals surface area contributed by atoms with Crippen LogP contribution in [0.5, 0.6) is 0 Å². The Morgan fingerprint density at radius 2 is 2.10 bits per heavy atom. The number of nitrogens with one attached hydrogen (secondary N) is 1. The molecule has 108 valence electrons. The van der Waals surface area contributed by atoms with Crippen molar-refractivity contribution in [3.63, 3.8) is 0 Å². The molecule has 6 nitrogen and oxygen atoms in total. The van der Waals surface area contributed by atoms with Gasteiger partial charge >= 0.3 is 0 Å². The van der Waals surface area contributed by atoms with E-state index >= 15 is 0 Å². The summed E-state index contributed by atoms with van der Waals surface area (Å²) in [6.45, 7) is 2.09. The van der Waals surface area contributed by atoms with Gasteiger partial charge in [-0.2, -0.15) is 0 Å². The minimum absolute atomic E-state index is 0.344. The molecule has 0 heterocycles. The van der Waals surface area contributed by atoms with E-state index in [2.05, 4.69) is 17.1 Å². The number of amides is 1. The number of carbonyl (C=O) groups excluding carboxylic acids is 1. The van der Waals surface area contributed by atoms with Gasteiger partial charge < -0.3 is 9.90 Å². The van der Waals surface area contributed by atoms with E-state index in [9.17, 15) is 9.90 Å². The van der Waals surface area contributed by atoms with E-state index in [1.54, 1.807) is 0 Å². The fraction of sp³-hybridized carbons (Fsp3) is 0.500. The fourth-order valence-corrected chi connectivity index (χ4v) is 2.13. The van der Waals surface area contributed by atoms with Gasteiger partial charge in [0.1, 0.15) is 6.04 Å². The van der Waals surface area contributed by atoms with Crippen molar-refractivity contribution in [2.75, 3.05) is 0 Å². The molecule has 1 atom stereocenters. The lowest BCUT2D eigenvalue weighted by atomic mass is 10.00. The van der Waals surface area contributed by atoms with Gasteiger partial charge in [-0.3, -0.25) is 0 Å². The summed E-state index contributed by atoms with van der Waals surface area (Å²) < 4.78 is 0. The Balaban J connectivity index is 2.82. The van der Waals surface area contributed by atoms with Crippen molar-refractivity contribution in [1.82, 2.24) is 9.92 Å². The first kappa shape index (κ1) is 15.9. The molecule has 0 radical (unpaired) electrons. The standard InChI is InChI=1S/C14H20N4O2/c1-2-3-5-10-13(18(14(19)20)17-16-15)11-12-8-6-4-7-9-12/h4,6-9,13,15H,2-3,5,10-11H2,1H3. The van der Waals surface area contributed by atoms with Crippen molar-refractivity contribution in [3.05, 3.63) is 35.9 Å². The van der Waals surface area contributed by atoms with Crippen molar-refractivity contribution in [2.24, 2.45) is 5.22 Å². The quantitative estimate of drug-likeness (QED) is 0.341. The van der Waals surface area contributed by atoms with Gasteiger partial charge in [-0.15, -0.1) is 0 Å². The van der Waals surface area contributed by atoms with Crippen LogP contribution in [0, 0.1) is 5.53 Å². The second-order valence-corrected chi connectivity index (χ2v) is 4.64. The average molecular weight is 276 g/mol. The van der Waals surface area contributed by atoms with Gasteiger partial charge in [-0.05, 0) is 23.9 Å². The number of hydrogen-bond acceptors (Lipinski definition) is 4. The van der Waals surface area contributed by atoms with E-state index in [0.29, 0.717) is 12.8 Å². The maximum atomic E-state index is 11.1. The molecule has 0 bridgehead atoms. The Hall–Kier alpha value is -2.20. The van der Waals surface area contributed by atoms with Crippen LogP contribution in [0.2, 0.25) is 0 Å². The van der Waals surface area contributed by atoms with E-state index < -0.39 is 6.09 Å². The first-order valence-electron chi connectivity index (χ1n) is 6.80. The zero-order valence-corrected chi connectivity index (χ0v) is 11.7. The number of unbranched alkanes of at least 4 members (excludes halogenated alkanes) is 2. The van der Waals surface area contributed by atoms with Crippen molar-refractivity contribution < 1.29 is 9.90 Å². The third-order valence-electron chi connectivity index (χ3n) is 3.13. The summed E-state index contributed by atoms with van der Waals surface area (Å²) in [7, 11) is 0. The Morgan fingerprint density at radius 1 is 1.40 bits per heavy atom. The largest absolute Gasteiger partial charge is 0.509 e. The summed E-state index contributed by atoms with van der Waals surface area (Å²) in [5, 5.41) is 15.3. The van der Waals surface area contributed by atoms with Crippen molar-refractivity contribution >= 4 is 6.09 Å². The van der Waals surface area contributed by atoms with Crippen molar-refractivity contribution in [1.29, 1.82) is 5.53 Å². The number of nitrogens with zero attached hydrogens (tertiary/aromatic N) is 3. The summed E-state index contributed by atoms with van der Waals surface area (Å²) in [5.41, 5.74) is 7.77. The maximum absolute atomic E-state index is 11.1. The van der Waals surface area contributed by atoms with E-state index in [1.807, 2.05) is 30.3 Å². The first-order valence-corrected chi connectivity index (χ1v) is 6.80. The van der Waals surface area contributed by atoms with Crippen LogP contribution in [0.25, 0.3) is 0 Å². The molecule has 1 N–H and O–H groups in total. The van der Waals surface area contributed by atoms with Crippen molar-refractivity contribution in [3.8, 4) is 0 Å². The van der Waals surface area contributed by atoms with Crippen LogP contribution in [-0.4, -0.2) is 17.1 Å². The molecule has 1 aromatic carbocycles. The van der Waals surface area contributed by atoms with Gasteiger partial charge in [0.25, 0.3) is 6.09 Å². The lowest BCUT2D eigenvalue weighted by Crippen LogP contribution is -2.45. The van der Waals surface area contributed by atoms with Crippen LogP contribution in [0.15, 0.2) is 35.6 Å². The number of carbonyl (C=O) groups is 1. The minimum Gasteiger partial charge on any atom is -0.509 e. The number of carboxylic acid groups (broad SMARTS) is 1. The highest BCUT2D eigenvalue weighted by molar-refractivity contribution is 5.62. The average Bonchev–Trinajstić information content (AvgIpc) is 2.45. The van der Waals surface area contributed by atoms with Crippen LogP contribution in [0.1, 0.15) is 38.2 Å². The highest BCUT2D eigenvalue weighted by atomic mass is 16.4. The highest BCUT2D eigenvalue weighted by Gasteiger charge is 2.26. The van der Waals surface area contributed by atoms with Crippen LogP contribution in [-0.2, 0) is 6.42 Å². The molecule has 1 amide bonds. The molecule has 0 spiro atoms. The molecular formula is C14H20N4O2. The molecule has 0 aliphatic rings. The third-order valence-corrected chi connectivity index (χ3v) is 3.13. The van der Waals surface area contributed by atoms with Crippen LogP contribution in [0.4, 0.5) is 4.79 Å². The maximum Gasteiger partial charge on any atom is 0.266 e. The topological polar surface area (TPSA) is 93.7 Å². The molecule has 1 aromatic rings. The normalized spacial score (nSPS) is 11.4. The van der Waals surface area contributed by atoms with Gasteiger partial charge in [0.05, 0.1) is 4.91 Å². The summed E-state index contributed by atoms with van der Waals surface area (Å²) >= 11 is 0. The Bertz CT molecular complexity index is 456. The smallest absolute Gasteiger partial charge is 0.266 e. The predicted octanol–water partition coefficient (Wildman–Crippen LogP) is 2.29. The fourth-order valence-electron chi connectivity index (χ4n) is 2.13. The second-order valence-electron chi connectivity index (χ2n) is 4.64. The van der Waals surface area contributed by atoms with Gasteiger partial charge in [-0.1, -0.05) is 55.1 Å². The molecule has 0 aliphatic heterocycles. The van der Waals surface area contributed by atoms with E-state index in [-0.39, 0.29) is 6.04 Å². The van der Waals surface area contributed by atoms with Gasteiger partial charge in [0.15, 0.2) is 0 Å². The number of benzene rings is 1. The second kappa shape index (κ2) is 8.82. The Labute approximate surface area is 118 Å². The summed E-state index contributed by atoms with van der Waals surface area (Å²) in [4.78, 5) is 14.0. The lowest BCUT2D eigenvalue weighted by molar-refractivity contribution is -0.269. The van der Waals surface area contributed by atoms with E-state index in [4.69, 9.17) is 5.53 Å². The highest BCUT2D eigenvalue weighted by Crippen LogP contribution is 2.16. The van der Waals surface area contributed by atoms with E-state index in [1.165, 1.54) is 0 Å². The molecule has 0 aromatic heterocycles. The zero-order valence-electron chi connectivity index (χ0n) is 11.7. The van der Waals surface area contributed by atoms with Crippen LogP contribution >= 0.6 is 0 Å². The molecule has 1 rings (SSSR count). The van der Waals surface area contributed by atoms with Crippen LogP contribution < -0.4 is 10.0 Å². The molecule has 6 heteroatoms. The van der Waals surface area contributed by atoms with Crippen LogP contribution in [0.3, 0.4) is 0 Å². The molecule has 0 fully saturated rings. The van der Waals surface area contributed by atoms with Gasteiger partial charge in [-0.25, -0.2) is 0 Å². The molecule has 0 aliphatic carbocycles. The minimum atomic E-state index is -1.42. The summed E-state index contributed by atoms with van der Waals surface area (Å²) in [6, 6.07) is 9.27. The van der Waals surface area contributed by atoms with Gasteiger partial charge in [0, 0.05) is 6.42 Å². The number of rotatable bonds is 8. The Morgan fingerprint density at radius 3 is 2.65 bits per heavy atom. The molecule has 0 saturated heterocycles. The van der Waals surface area contributed by atoms with Gasteiger partial charge in [0.2, 0.25) is 5.22 Å². The molecular weight excluding hydrogens is 256 g/mol. The van der Waals surface area contributed by atoms with Crippen molar-refractivity contribution in [2.45, 2.75) is 45.1 Å². The SMILES string of the molecule is CCCCCC(Cc1ccccc1)N(N=[N+]=N)C(=O)[O-]. The summed E-state index contributed by atoms with van der Waals surface area (Å²) in [6.07, 6.45) is 2.80. The van der Waals surface area contributed by atoms with E-state index in [0.717, 1.165) is 29.8 Å². The first-order chi connectivity index (χ1) is 9.69. The molecule has 0 saturated carbocycles. The number of hydrogen-bond donors (Lipinski definition) is 1. The monoisotopic (exact) mass is 276 g/mol. The zero-order chi connectivity index (χ0) is 14.8. The predicted molar refractivity (Wildman–Crippen MR) is 72.6 cm³/mol. The third kappa shape index (κ3) is 5.20. The lowest BCUT2D eigenvalue weighted by Gasteiger charge is -2.20. The Kier molecular flexibility index (Phi) is 7.00. The summed E-state index contributed by atoms with van der Waals surface area (Å²) in [5.74, 6) is 0.